The average molecular weight is 210 g/mol. The third kappa shape index (κ3) is 7.37. The number of hydrogen-bond acceptors (Lipinski definition) is 4. The second-order valence-corrected chi connectivity index (χ2v) is 2.83. The molecule has 0 heterocycles. The van der Waals surface area contributed by atoms with Crippen LogP contribution in [0.25, 0.3) is 0 Å². The van der Waals surface area contributed by atoms with E-state index in [1.807, 2.05) is 6.07 Å². The molecule has 0 aliphatic carbocycles. The zero-order valence-electron chi connectivity index (χ0n) is 9.19. The number of anilines is 2. The fourth-order valence-electron chi connectivity index (χ4n) is 0.822. The van der Waals surface area contributed by atoms with Crippen molar-refractivity contribution in [3.63, 3.8) is 0 Å². The molecule has 1 aromatic carbocycles. The topological polar surface area (TPSA) is 78.3 Å². The fraction of sp³-hybridized carbons (Fsp3) is 0.364. The first-order valence-electron chi connectivity index (χ1n) is 4.86. The SMILES string of the molecule is CCOC(=O)CC.Nc1cccc(N)c1. The third-order valence-corrected chi connectivity index (χ3v) is 1.50. The van der Waals surface area contributed by atoms with Gasteiger partial charge in [-0.3, -0.25) is 4.79 Å². The smallest absolute Gasteiger partial charge is 0.305 e. The quantitative estimate of drug-likeness (QED) is 0.576. The van der Waals surface area contributed by atoms with E-state index in [9.17, 15) is 4.79 Å². The first-order chi connectivity index (χ1) is 7.10. The molecule has 0 aromatic heterocycles. The van der Waals surface area contributed by atoms with E-state index in [0.717, 1.165) is 0 Å². The molecule has 4 N–H and O–H groups in total. The van der Waals surface area contributed by atoms with Gasteiger partial charge in [-0.25, -0.2) is 0 Å². The van der Waals surface area contributed by atoms with Gasteiger partial charge in [0.1, 0.15) is 0 Å². The van der Waals surface area contributed by atoms with Crippen LogP contribution in [0.15, 0.2) is 24.3 Å². The monoisotopic (exact) mass is 210 g/mol. The van der Waals surface area contributed by atoms with E-state index < -0.39 is 0 Å². The fourth-order valence-corrected chi connectivity index (χ4v) is 0.822. The first-order valence-corrected chi connectivity index (χ1v) is 4.86. The van der Waals surface area contributed by atoms with Crippen molar-refractivity contribution in [1.29, 1.82) is 0 Å². The summed E-state index contributed by atoms with van der Waals surface area (Å²) in [5.41, 5.74) is 12.2. The van der Waals surface area contributed by atoms with Crippen molar-refractivity contribution < 1.29 is 9.53 Å². The number of ether oxygens (including phenoxy) is 1. The van der Waals surface area contributed by atoms with Crippen LogP contribution in [0.5, 0.6) is 0 Å². The highest BCUT2D eigenvalue weighted by Crippen LogP contribution is 2.06. The van der Waals surface area contributed by atoms with Gasteiger partial charge in [-0.05, 0) is 25.1 Å². The van der Waals surface area contributed by atoms with Crippen molar-refractivity contribution in [3.8, 4) is 0 Å². The number of nitrogens with two attached hydrogens (primary N) is 2. The van der Waals surface area contributed by atoms with Crippen molar-refractivity contribution in [2.75, 3.05) is 18.1 Å². The van der Waals surface area contributed by atoms with Crippen molar-refractivity contribution >= 4 is 17.3 Å². The zero-order valence-corrected chi connectivity index (χ0v) is 9.19. The Hall–Kier alpha value is -1.71. The first kappa shape index (κ1) is 13.3. The van der Waals surface area contributed by atoms with Gasteiger partial charge in [0.2, 0.25) is 0 Å². The van der Waals surface area contributed by atoms with Gasteiger partial charge in [0, 0.05) is 17.8 Å². The molecule has 1 rings (SSSR count). The highest BCUT2D eigenvalue weighted by atomic mass is 16.5. The zero-order chi connectivity index (χ0) is 11.7. The lowest BCUT2D eigenvalue weighted by molar-refractivity contribution is -0.142. The predicted octanol–water partition coefficient (Wildman–Crippen LogP) is 1.81. The van der Waals surface area contributed by atoms with Crippen molar-refractivity contribution in [1.82, 2.24) is 0 Å². The molecule has 15 heavy (non-hydrogen) atoms. The van der Waals surface area contributed by atoms with Crippen LogP contribution in [0.2, 0.25) is 0 Å². The Bertz CT molecular complexity index is 283. The summed E-state index contributed by atoms with van der Waals surface area (Å²) >= 11 is 0. The summed E-state index contributed by atoms with van der Waals surface area (Å²) in [5, 5.41) is 0. The minimum Gasteiger partial charge on any atom is -0.466 e. The molecule has 0 atom stereocenters. The van der Waals surface area contributed by atoms with Crippen LogP contribution < -0.4 is 11.5 Å². The largest absolute Gasteiger partial charge is 0.466 e. The van der Waals surface area contributed by atoms with Crippen LogP contribution in [-0.2, 0) is 9.53 Å². The molecule has 1 aromatic rings. The predicted molar refractivity (Wildman–Crippen MR) is 62.2 cm³/mol. The standard InChI is InChI=1S/C6H8N2.C5H10O2/c7-5-2-1-3-6(8)4-5;1-3-5(6)7-4-2/h1-4H,7-8H2;3-4H2,1-2H3. The number of esters is 1. The molecule has 0 saturated heterocycles. The highest BCUT2D eigenvalue weighted by Gasteiger charge is 1.91. The molecule has 0 bridgehead atoms. The van der Waals surface area contributed by atoms with Gasteiger partial charge >= 0.3 is 5.97 Å². The van der Waals surface area contributed by atoms with Gasteiger partial charge in [-0.1, -0.05) is 13.0 Å². The van der Waals surface area contributed by atoms with Crippen molar-refractivity contribution in [2.24, 2.45) is 0 Å². The highest BCUT2D eigenvalue weighted by molar-refractivity contribution is 5.68. The summed E-state index contributed by atoms with van der Waals surface area (Å²) in [6, 6.07) is 7.15. The van der Waals surface area contributed by atoms with Crippen molar-refractivity contribution in [3.05, 3.63) is 24.3 Å². The molecule has 0 spiro atoms. The Balaban J connectivity index is 0.000000265. The van der Waals surface area contributed by atoms with E-state index in [-0.39, 0.29) is 5.97 Å². The lowest BCUT2D eigenvalue weighted by Gasteiger charge is -1.93. The Morgan fingerprint density at radius 1 is 1.27 bits per heavy atom. The average Bonchev–Trinajstić information content (AvgIpc) is 2.18. The van der Waals surface area contributed by atoms with Crippen LogP contribution in [0.4, 0.5) is 11.4 Å². The molecular formula is C11H18N2O2. The van der Waals surface area contributed by atoms with Crippen LogP contribution in [0, 0.1) is 0 Å². The summed E-state index contributed by atoms with van der Waals surface area (Å²) in [6.45, 7) is 4.07. The van der Waals surface area contributed by atoms with Crippen LogP contribution in [-0.4, -0.2) is 12.6 Å². The van der Waals surface area contributed by atoms with Crippen molar-refractivity contribution in [2.45, 2.75) is 20.3 Å². The lowest BCUT2D eigenvalue weighted by Crippen LogP contribution is -2.00. The molecule has 0 amide bonds. The van der Waals surface area contributed by atoms with Gasteiger partial charge in [-0.2, -0.15) is 0 Å². The lowest BCUT2D eigenvalue weighted by atomic mass is 10.3. The maximum atomic E-state index is 10.2. The number of hydrogen-bond donors (Lipinski definition) is 2. The summed E-state index contributed by atoms with van der Waals surface area (Å²) < 4.78 is 4.55. The molecule has 0 unspecified atom stereocenters. The maximum absolute atomic E-state index is 10.2. The van der Waals surface area contributed by atoms with Gasteiger partial charge < -0.3 is 16.2 Å². The molecule has 0 aliphatic heterocycles. The van der Waals surface area contributed by atoms with Gasteiger partial charge in [0.05, 0.1) is 6.61 Å². The van der Waals surface area contributed by atoms with Crippen LogP contribution in [0.1, 0.15) is 20.3 Å². The van der Waals surface area contributed by atoms with E-state index in [0.29, 0.717) is 24.4 Å². The molecule has 0 saturated carbocycles. The number of carbonyl (C=O) groups is 1. The van der Waals surface area contributed by atoms with Gasteiger partial charge in [0.15, 0.2) is 0 Å². The second kappa shape index (κ2) is 7.67. The molecule has 0 fully saturated rings. The summed E-state index contributed by atoms with van der Waals surface area (Å²) in [7, 11) is 0. The van der Waals surface area contributed by atoms with Crippen LogP contribution >= 0.6 is 0 Å². The summed E-state index contributed by atoms with van der Waals surface area (Å²) in [6.07, 6.45) is 0.480. The number of carbonyl (C=O) groups excluding carboxylic acids is 1. The minimum atomic E-state index is -0.123. The van der Waals surface area contributed by atoms with E-state index in [2.05, 4.69) is 4.74 Å². The molecule has 0 aliphatic rings. The summed E-state index contributed by atoms with van der Waals surface area (Å²) in [5.74, 6) is -0.123. The van der Waals surface area contributed by atoms with Gasteiger partial charge in [0.25, 0.3) is 0 Å². The molecule has 0 radical (unpaired) electrons. The van der Waals surface area contributed by atoms with E-state index in [1.165, 1.54) is 0 Å². The number of benzene rings is 1. The van der Waals surface area contributed by atoms with E-state index in [1.54, 1.807) is 32.0 Å². The van der Waals surface area contributed by atoms with E-state index >= 15 is 0 Å². The minimum absolute atomic E-state index is 0.123. The Morgan fingerprint density at radius 3 is 2.00 bits per heavy atom. The molecule has 84 valence electrons. The number of nitrogen functional groups attached to an aromatic ring is 2. The molecule has 4 nitrogen and oxygen atoms in total. The third-order valence-electron chi connectivity index (χ3n) is 1.50. The Morgan fingerprint density at radius 2 is 1.80 bits per heavy atom. The van der Waals surface area contributed by atoms with E-state index in [4.69, 9.17) is 11.5 Å². The molecular weight excluding hydrogens is 192 g/mol. The number of rotatable bonds is 2. The normalized spacial score (nSPS) is 8.67. The maximum Gasteiger partial charge on any atom is 0.305 e. The van der Waals surface area contributed by atoms with Gasteiger partial charge in [-0.15, -0.1) is 0 Å². The Kier molecular flexibility index (Phi) is 6.80. The second-order valence-electron chi connectivity index (χ2n) is 2.83. The van der Waals surface area contributed by atoms with Crippen LogP contribution in [0.3, 0.4) is 0 Å². The Labute approximate surface area is 90.2 Å². The molecule has 4 heteroatoms. The summed E-state index contributed by atoms with van der Waals surface area (Å²) in [4.78, 5) is 10.2.